The SMILES string of the molecule is CC(C)C.CCOC(=O)OCC1O[C@@H](OC2=CCC(C)=C2Cc2ccc(OC(C)C)cc2)[C@H](O)C(C2CC2)[C@@H]1O. The van der Waals surface area contributed by atoms with E-state index in [0.717, 1.165) is 42.1 Å². The van der Waals surface area contributed by atoms with Crippen molar-refractivity contribution in [1.29, 1.82) is 0 Å². The topological polar surface area (TPSA) is 104 Å². The van der Waals surface area contributed by atoms with Gasteiger partial charge >= 0.3 is 6.16 Å². The summed E-state index contributed by atoms with van der Waals surface area (Å²) in [4.78, 5) is 11.7. The molecule has 0 radical (unpaired) electrons. The van der Waals surface area contributed by atoms with Crippen LogP contribution in [0, 0.1) is 17.8 Å². The molecular formula is C32H48O8. The molecule has 2 aliphatic carbocycles. The molecule has 2 fully saturated rings. The average molecular weight is 561 g/mol. The molecule has 3 aliphatic rings. The van der Waals surface area contributed by atoms with Crippen LogP contribution in [0.15, 0.2) is 47.2 Å². The number of carbonyl (C=O) groups is 1. The molecule has 8 nitrogen and oxygen atoms in total. The third kappa shape index (κ3) is 9.25. The average Bonchev–Trinajstić information content (AvgIpc) is 3.65. The Morgan fingerprint density at radius 3 is 2.25 bits per heavy atom. The van der Waals surface area contributed by atoms with Gasteiger partial charge in [-0.25, -0.2) is 4.79 Å². The minimum atomic E-state index is -0.998. The van der Waals surface area contributed by atoms with Crippen molar-refractivity contribution in [2.75, 3.05) is 13.2 Å². The molecule has 8 heteroatoms. The smallest absolute Gasteiger partial charge is 0.491 e. The fourth-order valence-electron chi connectivity index (χ4n) is 4.90. The lowest BCUT2D eigenvalue weighted by atomic mass is 9.85. The summed E-state index contributed by atoms with van der Waals surface area (Å²) in [6.45, 7) is 14.3. The van der Waals surface area contributed by atoms with E-state index in [0.29, 0.717) is 12.2 Å². The Labute approximate surface area is 239 Å². The second-order valence-corrected chi connectivity index (χ2v) is 11.8. The quantitative estimate of drug-likeness (QED) is 0.339. The van der Waals surface area contributed by atoms with Crippen molar-refractivity contribution in [2.24, 2.45) is 17.8 Å². The highest BCUT2D eigenvalue weighted by Gasteiger charge is 2.52. The number of hydrogen-bond donors (Lipinski definition) is 2. The van der Waals surface area contributed by atoms with E-state index < -0.39 is 36.7 Å². The molecule has 1 saturated carbocycles. The zero-order chi connectivity index (χ0) is 29.4. The highest BCUT2D eigenvalue weighted by atomic mass is 16.7. The maximum absolute atomic E-state index is 11.7. The Bertz CT molecular complexity index is 1010. The first-order valence-electron chi connectivity index (χ1n) is 14.6. The Kier molecular flexibility index (Phi) is 11.9. The minimum absolute atomic E-state index is 0.116. The van der Waals surface area contributed by atoms with Gasteiger partial charge in [0.15, 0.2) is 0 Å². The van der Waals surface area contributed by atoms with Gasteiger partial charge in [-0.15, -0.1) is 0 Å². The lowest BCUT2D eigenvalue weighted by molar-refractivity contribution is -0.281. The summed E-state index contributed by atoms with van der Waals surface area (Å²) < 4.78 is 27.9. The fourth-order valence-corrected chi connectivity index (χ4v) is 4.90. The van der Waals surface area contributed by atoms with E-state index in [1.165, 1.54) is 5.57 Å². The zero-order valence-corrected chi connectivity index (χ0v) is 25.1. The van der Waals surface area contributed by atoms with Crippen LogP contribution in [0.1, 0.15) is 73.3 Å². The highest BCUT2D eigenvalue weighted by molar-refractivity contribution is 5.59. The summed E-state index contributed by atoms with van der Waals surface area (Å²) >= 11 is 0. The molecule has 2 N–H and O–H groups in total. The largest absolute Gasteiger partial charge is 0.508 e. The van der Waals surface area contributed by atoms with Crippen LogP contribution in [0.4, 0.5) is 4.79 Å². The van der Waals surface area contributed by atoms with Gasteiger partial charge in [0, 0.05) is 12.3 Å². The number of benzene rings is 1. The van der Waals surface area contributed by atoms with Gasteiger partial charge in [-0.1, -0.05) is 38.5 Å². The maximum Gasteiger partial charge on any atom is 0.508 e. The van der Waals surface area contributed by atoms with Crippen molar-refractivity contribution in [3.8, 4) is 5.75 Å². The number of hydrogen-bond acceptors (Lipinski definition) is 8. The van der Waals surface area contributed by atoms with Crippen LogP contribution >= 0.6 is 0 Å². The standard InChI is InChI=1S/C28H38O8.C4H10/c1-5-32-28(31)33-15-23-25(29)24(19-9-10-19)26(30)27(36-23)35-22-13-6-17(4)21(22)14-18-7-11-20(12-8-18)34-16(2)3;1-4(2)3/h7-8,11-13,16,19,23-27,29-30H,5-6,9-10,14-15H2,1-4H3;4H,1-3H3/t23?,24?,25-,26-,27-;/m1./s1. The first-order valence-corrected chi connectivity index (χ1v) is 14.6. The molecule has 1 heterocycles. The molecule has 5 atom stereocenters. The third-order valence-electron chi connectivity index (χ3n) is 6.88. The summed E-state index contributed by atoms with van der Waals surface area (Å²) in [5, 5.41) is 22.0. The van der Waals surface area contributed by atoms with E-state index in [2.05, 4.69) is 27.7 Å². The third-order valence-corrected chi connectivity index (χ3v) is 6.88. The van der Waals surface area contributed by atoms with Gasteiger partial charge in [-0.3, -0.25) is 0 Å². The van der Waals surface area contributed by atoms with Crippen LogP contribution in [-0.4, -0.2) is 60.3 Å². The fraction of sp³-hybridized carbons (Fsp3) is 0.656. The number of ether oxygens (including phenoxy) is 5. The highest BCUT2D eigenvalue weighted by Crippen LogP contribution is 2.45. The lowest BCUT2D eigenvalue weighted by Crippen LogP contribution is -2.57. The number of carbonyl (C=O) groups excluding carboxylic acids is 1. The number of rotatable bonds is 10. The predicted octanol–water partition coefficient (Wildman–Crippen LogP) is 5.95. The minimum Gasteiger partial charge on any atom is -0.491 e. The molecule has 0 aromatic heterocycles. The second-order valence-electron chi connectivity index (χ2n) is 11.8. The van der Waals surface area contributed by atoms with Crippen LogP contribution in [0.25, 0.3) is 0 Å². The van der Waals surface area contributed by atoms with Gasteiger partial charge in [-0.05, 0) is 88.1 Å². The van der Waals surface area contributed by atoms with Crippen LogP contribution < -0.4 is 4.74 Å². The van der Waals surface area contributed by atoms with Crippen molar-refractivity contribution in [2.45, 2.75) is 105 Å². The van der Waals surface area contributed by atoms with Crippen molar-refractivity contribution in [3.63, 3.8) is 0 Å². The molecule has 1 aliphatic heterocycles. The molecule has 2 unspecified atom stereocenters. The van der Waals surface area contributed by atoms with Gasteiger partial charge in [-0.2, -0.15) is 0 Å². The van der Waals surface area contributed by atoms with Crippen molar-refractivity contribution < 1.29 is 38.7 Å². The van der Waals surface area contributed by atoms with E-state index in [1.807, 2.05) is 44.2 Å². The van der Waals surface area contributed by atoms with Gasteiger partial charge in [0.1, 0.15) is 30.3 Å². The van der Waals surface area contributed by atoms with Crippen molar-refractivity contribution in [3.05, 3.63) is 52.8 Å². The van der Waals surface area contributed by atoms with Crippen molar-refractivity contribution >= 4 is 6.16 Å². The number of aliphatic hydroxyl groups is 2. The summed E-state index contributed by atoms with van der Waals surface area (Å²) in [6.07, 6.45) is 0.817. The van der Waals surface area contributed by atoms with E-state index >= 15 is 0 Å². The molecule has 0 amide bonds. The maximum atomic E-state index is 11.7. The van der Waals surface area contributed by atoms with Gasteiger partial charge < -0.3 is 33.9 Å². The molecular weight excluding hydrogens is 512 g/mol. The summed E-state index contributed by atoms with van der Waals surface area (Å²) in [5.41, 5.74) is 3.37. The van der Waals surface area contributed by atoms with Crippen LogP contribution in [-0.2, 0) is 25.4 Å². The monoisotopic (exact) mass is 560 g/mol. The summed E-state index contributed by atoms with van der Waals surface area (Å²) in [7, 11) is 0. The molecule has 1 aromatic carbocycles. The van der Waals surface area contributed by atoms with Gasteiger partial charge in [0.05, 0.1) is 18.8 Å². The summed E-state index contributed by atoms with van der Waals surface area (Å²) in [5.74, 6) is 2.12. The lowest BCUT2D eigenvalue weighted by Gasteiger charge is -2.42. The summed E-state index contributed by atoms with van der Waals surface area (Å²) in [6, 6.07) is 8.02. The Balaban J connectivity index is 0.00000103. The van der Waals surface area contributed by atoms with Gasteiger partial charge in [0.2, 0.25) is 6.29 Å². The molecule has 0 spiro atoms. The first-order chi connectivity index (χ1) is 19.0. The number of aliphatic hydroxyl groups excluding tert-OH is 2. The van der Waals surface area contributed by atoms with E-state index in [4.69, 9.17) is 23.7 Å². The van der Waals surface area contributed by atoms with E-state index in [9.17, 15) is 15.0 Å². The molecule has 0 bridgehead atoms. The Morgan fingerprint density at radius 1 is 1.02 bits per heavy atom. The molecule has 40 heavy (non-hydrogen) atoms. The normalized spacial score (nSPS) is 26.3. The Hall–Kier alpha value is -2.55. The van der Waals surface area contributed by atoms with E-state index in [-0.39, 0.29) is 25.2 Å². The zero-order valence-electron chi connectivity index (χ0n) is 25.1. The van der Waals surface area contributed by atoms with E-state index in [1.54, 1.807) is 6.92 Å². The van der Waals surface area contributed by atoms with Crippen LogP contribution in [0.5, 0.6) is 5.75 Å². The molecule has 4 rings (SSSR count). The van der Waals surface area contributed by atoms with Crippen LogP contribution in [0.2, 0.25) is 0 Å². The first kappa shape index (κ1) is 32.0. The van der Waals surface area contributed by atoms with Gasteiger partial charge in [0.25, 0.3) is 0 Å². The molecule has 224 valence electrons. The molecule has 1 saturated heterocycles. The Morgan fingerprint density at radius 2 is 1.68 bits per heavy atom. The number of allylic oxidation sites excluding steroid dienone is 3. The van der Waals surface area contributed by atoms with Crippen LogP contribution in [0.3, 0.4) is 0 Å². The van der Waals surface area contributed by atoms with Crippen molar-refractivity contribution in [1.82, 2.24) is 0 Å². The molecule has 1 aromatic rings. The second kappa shape index (κ2) is 14.9. The predicted molar refractivity (Wildman–Crippen MR) is 153 cm³/mol.